The van der Waals surface area contributed by atoms with Crippen LogP contribution in [-0.4, -0.2) is 6.61 Å². The number of hydrogen-bond acceptors (Lipinski definition) is 1. The number of aryl methyl sites for hydroxylation is 2. The van der Waals surface area contributed by atoms with E-state index in [4.69, 9.17) is 4.74 Å². The molecule has 1 rings (SSSR count). The third-order valence-electron chi connectivity index (χ3n) is 2.42. The first-order chi connectivity index (χ1) is 7.15. The Hall–Kier alpha value is -0.500. The zero-order valence-corrected chi connectivity index (χ0v) is 11.4. The molecule has 0 aliphatic heterocycles. The van der Waals surface area contributed by atoms with Crippen molar-refractivity contribution in [2.75, 3.05) is 6.61 Å². The van der Waals surface area contributed by atoms with E-state index < -0.39 is 0 Å². The molecule has 0 spiro atoms. The molecule has 0 saturated heterocycles. The maximum absolute atomic E-state index is 5.80. The number of ether oxygens (including phenoxy) is 1. The molecule has 15 heavy (non-hydrogen) atoms. The first-order valence-electron chi connectivity index (χ1n) is 5.54. The summed E-state index contributed by atoms with van der Waals surface area (Å²) in [5.74, 6) is 1.05. The minimum absolute atomic E-state index is 0.831. The van der Waals surface area contributed by atoms with Crippen molar-refractivity contribution in [3.8, 4) is 5.75 Å². The molecule has 0 N–H and O–H groups in total. The lowest BCUT2D eigenvalue weighted by Crippen LogP contribution is -2.00. The van der Waals surface area contributed by atoms with Crippen molar-refractivity contribution >= 4 is 15.9 Å². The van der Waals surface area contributed by atoms with Crippen LogP contribution in [-0.2, 0) is 0 Å². The van der Waals surface area contributed by atoms with Crippen LogP contribution in [0.5, 0.6) is 5.75 Å². The third kappa shape index (κ3) is 3.86. The van der Waals surface area contributed by atoms with Crippen molar-refractivity contribution in [3.63, 3.8) is 0 Å². The molecule has 84 valence electrons. The molecule has 0 bridgehead atoms. The Morgan fingerprint density at radius 1 is 1.13 bits per heavy atom. The van der Waals surface area contributed by atoms with Gasteiger partial charge in [-0.2, -0.15) is 0 Å². The standard InChI is InChI=1S/C13H19BrO/c1-4-5-6-7-15-13-10(2)8-12(14)9-11(13)3/h8-9H,4-7H2,1-3H3. The fraction of sp³-hybridized carbons (Fsp3) is 0.538. The summed E-state index contributed by atoms with van der Waals surface area (Å²) in [6.07, 6.45) is 3.63. The summed E-state index contributed by atoms with van der Waals surface area (Å²) in [4.78, 5) is 0. The molecule has 1 nitrogen and oxygen atoms in total. The number of hydrogen-bond donors (Lipinski definition) is 0. The summed E-state index contributed by atoms with van der Waals surface area (Å²) in [5, 5.41) is 0. The molecule has 0 heterocycles. The van der Waals surface area contributed by atoms with Crippen LogP contribution < -0.4 is 4.74 Å². The van der Waals surface area contributed by atoms with Gasteiger partial charge in [0.25, 0.3) is 0 Å². The Morgan fingerprint density at radius 3 is 2.27 bits per heavy atom. The fourth-order valence-corrected chi connectivity index (χ4v) is 2.34. The van der Waals surface area contributed by atoms with Crippen molar-refractivity contribution in [2.45, 2.75) is 40.0 Å². The minimum atomic E-state index is 0.831. The average molecular weight is 271 g/mol. The fourth-order valence-electron chi connectivity index (χ4n) is 1.65. The van der Waals surface area contributed by atoms with E-state index in [2.05, 4.69) is 48.8 Å². The van der Waals surface area contributed by atoms with Gasteiger partial charge in [0.1, 0.15) is 5.75 Å². The number of benzene rings is 1. The normalized spacial score (nSPS) is 10.4. The molecule has 0 amide bonds. The van der Waals surface area contributed by atoms with E-state index in [-0.39, 0.29) is 0 Å². The van der Waals surface area contributed by atoms with Gasteiger partial charge in [0.15, 0.2) is 0 Å². The highest BCUT2D eigenvalue weighted by molar-refractivity contribution is 9.10. The first kappa shape index (κ1) is 12.6. The van der Waals surface area contributed by atoms with Gasteiger partial charge in [0, 0.05) is 4.47 Å². The zero-order valence-electron chi connectivity index (χ0n) is 9.77. The lowest BCUT2D eigenvalue weighted by molar-refractivity contribution is 0.302. The summed E-state index contributed by atoms with van der Waals surface area (Å²) in [6, 6.07) is 4.20. The predicted octanol–water partition coefficient (Wildman–Crippen LogP) is 4.63. The maximum atomic E-state index is 5.80. The van der Waals surface area contributed by atoms with Gasteiger partial charge in [-0.05, 0) is 43.5 Å². The van der Waals surface area contributed by atoms with Crippen LogP contribution in [0.15, 0.2) is 16.6 Å². The summed E-state index contributed by atoms with van der Waals surface area (Å²) < 4.78 is 6.93. The third-order valence-corrected chi connectivity index (χ3v) is 2.88. The van der Waals surface area contributed by atoms with Gasteiger partial charge < -0.3 is 4.74 Å². The average Bonchev–Trinajstić information content (AvgIpc) is 2.15. The summed E-state index contributed by atoms with van der Waals surface area (Å²) in [5.41, 5.74) is 2.41. The van der Waals surface area contributed by atoms with E-state index in [1.807, 2.05) is 0 Å². The van der Waals surface area contributed by atoms with E-state index in [1.54, 1.807) is 0 Å². The van der Waals surface area contributed by atoms with Crippen LogP contribution in [0.3, 0.4) is 0 Å². The molecule has 0 aliphatic carbocycles. The quantitative estimate of drug-likeness (QED) is 0.709. The molecule has 0 radical (unpaired) electrons. The molecule has 0 aromatic heterocycles. The van der Waals surface area contributed by atoms with Crippen molar-refractivity contribution in [3.05, 3.63) is 27.7 Å². The number of rotatable bonds is 5. The number of unbranched alkanes of at least 4 members (excludes halogenated alkanes) is 2. The van der Waals surface area contributed by atoms with E-state index >= 15 is 0 Å². The Balaban J connectivity index is 2.60. The molecular formula is C13H19BrO. The van der Waals surface area contributed by atoms with E-state index in [0.717, 1.165) is 23.2 Å². The highest BCUT2D eigenvalue weighted by Gasteiger charge is 2.04. The van der Waals surface area contributed by atoms with Crippen molar-refractivity contribution in [2.24, 2.45) is 0 Å². The molecule has 1 aromatic rings. The van der Waals surface area contributed by atoms with Gasteiger partial charge in [0.2, 0.25) is 0 Å². The molecule has 0 fully saturated rings. The Kier molecular flexibility index (Phi) is 5.16. The molecule has 0 saturated carbocycles. The van der Waals surface area contributed by atoms with Crippen LogP contribution in [0.1, 0.15) is 37.3 Å². The molecular weight excluding hydrogens is 252 g/mol. The van der Waals surface area contributed by atoms with Crippen molar-refractivity contribution in [1.82, 2.24) is 0 Å². The van der Waals surface area contributed by atoms with Gasteiger partial charge in [-0.3, -0.25) is 0 Å². The molecule has 0 unspecified atom stereocenters. The molecule has 1 aromatic carbocycles. The van der Waals surface area contributed by atoms with Crippen LogP contribution in [0.4, 0.5) is 0 Å². The smallest absolute Gasteiger partial charge is 0.125 e. The number of halogens is 1. The predicted molar refractivity (Wildman–Crippen MR) is 68.6 cm³/mol. The van der Waals surface area contributed by atoms with Gasteiger partial charge in [-0.15, -0.1) is 0 Å². The zero-order chi connectivity index (χ0) is 11.3. The summed E-state index contributed by atoms with van der Waals surface area (Å²) in [7, 11) is 0. The second-order valence-electron chi connectivity index (χ2n) is 3.92. The lowest BCUT2D eigenvalue weighted by Gasteiger charge is -2.12. The Morgan fingerprint density at radius 2 is 1.73 bits per heavy atom. The Labute approximate surface area is 101 Å². The summed E-state index contributed by atoms with van der Waals surface area (Å²) in [6.45, 7) is 7.22. The van der Waals surface area contributed by atoms with E-state index in [9.17, 15) is 0 Å². The highest BCUT2D eigenvalue weighted by atomic mass is 79.9. The highest BCUT2D eigenvalue weighted by Crippen LogP contribution is 2.27. The van der Waals surface area contributed by atoms with Crippen LogP contribution >= 0.6 is 15.9 Å². The first-order valence-corrected chi connectivity index (χ1v) is 6.34. The second-order valence-corrected chi connectivity index (χ2v) is 4.84. The topological polar surface area (TPSA) is 9.23 Å². The SMILES string of the molecule is CCCCCOc1c(C)cc(Br)cc1C. The van der Waals surface area contributed by atoms with Gasteiger partial charge in [-0.1, -0.05) is 35.7 Å². The van der Waals surface area contributed by atoms with Gasteiger partial charge in [-0.25, -0.2) is 0 Å². The second kappa shape index (κ2) is 6.16. The Bertz CT molecular complexity index is 297. The van der Waals surface area contributed by atoms with Crippen LogP contribution in [0.25, 0.3) is 0 Å². The molecule has 2 heteroatoms. The minimum Gasteiger partial charge on any atom is -0.493 e. The molecule has 0 atom stereocenters. The molecule has 0 aliphatic rings. The van der Waals surface area contributed by atoms with Gasteiger partial charge >= 0.3 is 0 Å². The monoisotopic (exact) mass is 270 g/mol. The van der Waals surface area contributed by atoms with Crippen molar-refractivity contribution < 1.29 is 4.74 Å². The lowest BCUT2D eigenvalue weighted by atomic mass is 10.1. The van der Waals surface area contributed by atoms with Crippen LogP contribution in [0.2, 0.25) is 0 Å². The summed E-state index contributed by atoms with van der Waals surface area (Å²) >= 11 is 3.48. The van der Waals surface area contributed by atoms with Crippen molar-refractivity contribution in [1.29, 1.82) is 0 Å². The van der Waals surface area contributed by atoms with Gasteiger partial charge in [0.05, 0.1) is 6.61 Å². The van der Waals surface area contributed by atoms with Crippen LogP contribution in [0, 0.1) is 13.8 Å². The maximum Gasteiger partial charge on any atom is 0.125 e. The van der Waals surface area contributed by atoms with E-state index in [1.165, 1.54) is 24.0 Å². The van der Waals surface area contributed by atoms with E-state index in [0.29, 0.717) is 0 Å². The largest absolute Gasteiger partial charge is 0.493 e.